The van der Waals surface area contributed by atoms with Crippen molar-refractivity contribution in [2.24, 2.45) is 11.8 Å². The number of methoxy groups -OCH3 is 1. The highest BCUT2D eigenvalue weighted by Gasteiger charge is 2.22. The molecule has 0 radical (unpaired) electrons. The van der Waals surface area contributed by atoms with Crippen molar-refractivity contribution in [3.63, 3.8) is 0 Å². The molecule has 1 amide bonds. The van der Waals surface area contributed by atoms with Crippen LogP contribution in [0.15, 0.2) is 23.1 Å². The monoisotopic (exact) mass is 435 g/mol. The molecule has 1 N–H and O–H groups in total. The molecule has 1 rings (SSSR count). The largest absolute Gasteiger partial charge is 0.469 e. The van der Waals surface area contributed by atoms with Gasteiger partial charge in [0.2, 0.25) is 5.91 Å². The highest BCUT2D eigenvalue weighted by molar-refractivity contribution is 5.80. The van der Waals surface area contributed by atoms with Crippen LogP contribution in [-0.2, 0) is 20.7 Å². The summed E-state index contributed by atoms with van der Waals surface area (Å²) in [4.78, 5) is 39.2. The average molecular weight is 436 g/mol. The van der Waals surface area contributed by atoms with Crippen LogP contribution in [0.25, 0.3) is 0 Å². The SMILES string of the molecule is COC(=O)CCNC(=O)C(CCC(C)C)n1ccc(CCN(C)CCC(C)C)cc1=O. The molecule has 0 aliphatic rings. The van der Waals surface area contributed by atoms with E-state index in [1.54, 1.807) is 12.3 Å². The highest BCUT2D eigenvalue weighted by Crippen LogP contribution is 2.17. The van der Waals surface area contributed by atoms with E-state index in [0.29, 0.717) is 18.3 Å². The second-order valence-corrected chi connectivity index (χ2v) is 9.12. The molecule has 0 spiro atoms. The zero-order chi connectivity index (χ0) is 23.4. The van der Waals surface area contributed by atoms with E-state index in [4.69, 9.17) is 0 Å². The van der Waals surface area contributed by atoms with Crippen molar-refractivity contribution >= 4 is 11.9 Å². The quantitative estimate of drug-likeness (QED) is 0.454. The van der Waals surface area contributed by atoms with Gasteiger partial charge < -0.3 is 19.5 Å². The van der Waals surface area contributed by atoms with E-state index in [9.17, 15) is 14.4 Å². The van der Waals surface area contributed by atoms with Gasteiger partial charge in [-0.3, -0.25) is 14.4 Å². The van der Waals surface area contributed by atoms with Gasteiger partial charge in [-0.2, -0.15) is 0 Å². The van der Waals surface area contributed by atoms with Crippen molar-refractivity contribution in [3.05, 3.63) is 34.2 Å². The molecule has 1 atom stereocenters. The maximum absolute atomic E-state index is 12.8. The lowest BCUT2D eigenvalue weighted by atomic mass is 10.0. The van der Waals surface area contributed by atoms with Crippen molar-refractivity contribution in [1.82, 2.24) is 14.8 Å². The zero-order valence-corrected chi connectivity index (χ0v) is 20.1. The Morgan fingerprint density at radius 2 is 1.77 bits per heavy atom. The molecule has 0 bridgehead atoms. The molecule has 0 aromatic carbocycles. The smallest absolute Gasteiger partial charge is 0.307 e. The van der Waals surface area contributed by atoms with Gasteiger partial charge in [0, 0.05) is 25.4 Å². The first kappa shape index (κ1) is 26.9. The number of nitrogens with zero attached hydrogens (tertiary/aromatic N) is 2. The number of hydrogen-bond acceptors (Lipinski definition) is 5. The fourth-order valence-electron chi connectivity index (χ4n) is 3.25. The number of likely N-dealkylation sites (N-methyl/N-ethyl adjacent to an activating group) is 1. The Balaban J connectivity index is 2.82. The van der Waals surface area contributed by atoms with Crippen LogP contribution in [-0.4, -0.2) is 55.1 Å². The maximum Gasteiger partial charge on any atom is 0.307 e. The predicted molar refractivity (Wildman–Crippen MR) is 124 cm³/mol. The van der Waals surface area contributed by atoms with Crippen LogP contribution < -0.4 is 10.9 Å². The fourth-order valence-corrected chi connectivity index (χ4v) is 3.25. The first-order valence-electron chi connectivity index (χ1n) is 11.4. The molecule has 0 fully saturated rings. The van der Waals surface area contributed by atoms with Gasteiger partial charge in [-0.25, -0.2) is 0 Å². The van der Waals surface area contributed by atoms with E-state index < -0.39 is 6.04 Å². The second-order valence-electron chi connectivity index (χ2n) is 9.12. The first-order valence-corrected chi connectivity index (χ1v) is 11.4. The van der Waals surface area contributed by atoms with E-state index in [1.807, 2.05) is 6.07 Å². The number of carbonyl (C=O) groups is 2. The van der Waals surface area contributed by atoms with Crippen molar-refractivity contribution in [2.45, 2.75) is 65.8 Å². The van der Waals surface area contributed by atoms with Gasteiger partial charge in [-0.1, -0.05) is 27.7 Å². The molecule has 1 unspecified atom stereocenters. The number of pyridine rings is 1. The molecule has 0 saturated heterocycles. The molecule has 0 aliphatic heterocycles. The Morgan fingerprint density at radius 1 is 1.10 bits per heavy atom. The van der Waals surface area contributed by atoms with Gasteiger partial charge in [0.1, 0.15) is 6.04 Å². The fraction of sp³-hybridized carbons (Fsp3) is 0.708. The number of esters is 1. The van der Waals surface area contributed by atoms with Crippen LogP contribution in [0.4, 0.5) is 0 Å². The number of hydrogen-bond donors (Lipinski definition) is 1. The normalized spacial score (nSPS) is 12.4. The Bertz CT molecular complexity index is 743. The number of carbonyl (C=O) groups excluding carboxylic acids is 2. The third kappa shape index (κ3) is 10.6. The van der Waals surface area contributed by atoms with Crippen molar-refractivity contribution in [3.8, 4) is 0 Å². The van der Waals surface area contributed by atoms with E-state index >= 15 is 0 Å². The minimum atomic E-state index is -0.588. The Morgan fingerprint density at radius 3 is 2.35 bits per heavy atom. The van der Waals surface area contributed by atoms with E-state index in [-0.39, 0.29) is 30.4 Å². The summed E-state index contributed by atoms with van der Waals surface area (Å²) in [5.41, 5.74) is 0.811. The van der Waals surface area contributed by atoms with Crippen molar-refractivity contribution < 1.29 is 14.3 Å². The average Bonchev–Trinajstić information content (AvgIpc) is 2.71. The van der Waals surface area contributed by atoms with Gasteiger partial charge in [-0.15, -0.1) is 0 Å². The molecular weight excluding hydrogens is 394 g/mol. The summed E-state index contributed by atoms with van der Waals surface area (Å²) in [5.74, 6) is 0.473. The summed E-state index contributed by atoms with van der Waals surface area (Å²) in [5, 5.41) is 2.77. The summed E-state index contributed by atoms with van der Waals surface area (Å²) in [7, 11) is 3.42. The van der Waals surface area contributed by atoms with Gasteiger partial charge in [0.15, 0.2) is 0 Å². The van der Waals surface area contributed by atoms with Crippen LogP contribution >= 0.6 is 0 Å². The van der Waals surface area contributed by atoms with Crippen LogP contribution in [0.1, 0.15) is 65.0 Å². The standard InChI is InChI=1S/C24H41N3O4/c1-18(2)7-8-21(24(30)25-13-9-23(29)31-6)27-16-12-20(17-22(27)28)11-15-26(5)14-10-19(3)4/h12,16-19,21H,7-11,13-15H2,1-6H3,(H,25,30). The summed E-state index contributed by atoms with van der Waals surface area (Å²) < 4.78 is 6.12. The predicted octanol–water partition coefficient (Wildman–Crippen LogP) is 3.03. The molecule has 7 heteroatoms. The molecule has 7 nitrogen and oxygen atoms in total. The lowest BCUT2D eigenvalue weighted by Gasteiger charge is -2.21. The first-order chi connectivity index (χ1) is 14.6. The summed E-state index contributed by atoms with van der Waals surface area (Å²) >= 11 is 0. The lowest BCUT2D eigenvalue weighted by molar-refractivity contribution is -0.140. The molecule has 176 valence electrons. The molecule has 1 heterocycles. The maximum atomic E-state index is 12.8. The molecule has 0 aliphatic carbocycles. The van der Waals surface area contributed by atoms with Crippen LogP contribution in [0.5, 0.6) is 0 Å². The zero-order valence-electron chi connectivity index (χ0n) is 20.1. The van der Waals surface area contributed by atoms with E-state index in [1.165, 1.54) is 11.7 Å². The molecule has 1 aromatic heterocycles. The highest BCUT2D eigenvalue weighted by atomic mass is 16.5. The van der Waals surface area contributed by atoms with Gasteiger partial charge in [0.25, 0.3) is 5.56 Å². The number of ether oxygens (including phenoxy) is 1. The lowest BCUT2D eigenvalue weighted by Crippen LogP contribution is -2.38. The van der Waals surface area contributed by atoms with E-state index in [2.05, 4.69) is 49.7 Å². The Hall–Kier alpha value is -2.15. The summed E-state index contributed by atoms with van der Waals surface area (Å²) in [6.45, 7) is 10.7. The van der Waals surface area contributed by atoms with Crippen molar-refractivity contribution in [1.29, 1.82) is 0 Å². The number of nitrogens with one attached hydrogen (secondary N) is 1. The summed E-state index contributed by atoms with van der Waals surface area (Å²) in [6, 6.07) is 2.98. The molecule has 1 aromatic rings. The second kappa shape index (κ2) is 14.0. The van der Waals surface area contributed by atoms with Crippen LogP contribution in [0, 0.1) is 11.8 Å². The third-order valence-electron chi connectivity index (χ3n) is 5.39. The van der Waals surface area contributed by atoms with Crippen LogP contribution in [0.2, 0.25) is 0 Å². The topological polar surface area (TPSA) is 80.6 Å². The van der Waals surface area contributed by atoms with Gasteiger partial charge in [0.05, 0.1) is 13.5 Å². The Labute approximate surface area is 187 Å². The van der Waals surface area contributed by atoms with Gasteiger partial charge >= 0.3 is 5.97 Å². The third-order valence-corrected chi connectivity index (χ3v) is 5.39. The molecule has 0 saturated carbocycles. The number of amides is 1. The molecule has 31 heavy (non-hydrogen) atoms. The summed E-state index contributed by atoms with van der Waals surface area (Å²) in [6.07, 6.45) is 5.18. The molecular formula is C24H41N3O4. The van der Waals surface area contributed by atoms with Gasteiger partial charge in [-0.05, 0) is 62.7 Å². The minimum Gasteiger partial charge on any atom is -0.469 e. The van der Waals surface area contributed by atoms with Crippen molar-refractivity contribution in [2.75, 3.05) is 33.8 Å². The Kier molecular flexibility index (Phi) is 12.2. The number of rotatable bonds is 14. The minimum absolute atomic E-state index is 0.108. The number of aromatic nitrogens is 1. The van der Waals surface area contributed by atoms with E-state index in [0.717, 1.165) is 37.9 Å². The van der Waals surface area contributed by atoms with Crippen LogP contribution in [0.3, 0.4) is 0 Å².